The molecule has 15 heavy (non-hydrogen) atoms. The predicted molar refractivity (Wildman–Crippen MR) is 54.0 cm³/mol. The van der Waals surface area contributed by atoms with E-state index in [4.69, 9.17) is 4.42 Å². The first-order valence-corrected chi connectivity index (χ1v) is 4.52. The van der Waals surface area contributed by atoms with Crippen LogP contribution in [0, 0.1) is 0 Å². The number of aryl methyl sites for hydroxylation is 1. The zero-order valence-corrected chi connectivity index (χ0v) is 8.08. The van der Waals surface area contributed by atoms with Gasteiger partial charge in [0.1, 0.15) is 11.8 Å². The molecule has 0 amide bonds. The summed E-state index contributed by atoms with van der Waals surface area (Å²) in [6.07, 6.45) is 2.97. The highest BCUT2D eigenvalue weighted by Crippen LogP contribution is 2.21. The Labute approximate surface area is 85.4 Å². The van der Waals surface area contributed by atoms with Crippen molar-refractivity contribution in [3.05, 3.63) is 30.9 Å². The Morgan fingerprint density at radius 2 is 2.20 bits per heavy atom. The van der Waals surface area contributed by atoms with E-state index < -0.39 is 0 Å². The van der Waals surface area contributed by atoms with Gasteiger partial charge in [-0.15, -0.1) is 0 Å². The topological polar surface area (TPSA) is 56.7 Å². The highest BCUT2D eigenvalue weighted by molar-refractivity contribution is 5.78. The van der Waals surface area contributed by atoms with E-state index >= 15 is 0 Å². The Kier molecular flexibility index (Phi) is 1.58. The Hall–Kier alpha value is -2.17. The molecular formula is C10H8N4O. The summed E-state index contributed by atoms with van der Waals surface area (Å²) in [6, 6.07) is 5.76. The molecule has 0 spiro atoms. The van der Waals surface area contributed by atoms with Crippen LogP contribution in [0.25, 0.3) is 22.5 Å². The van der Waals surface area contributed by atoms with Crippen molar-refractivity contribution in [2.45, 2.75) is 0 Å². The first-order valence-electron chi connectivity index (χ1n) is 4.52. The highest BCUT2D eigenvalue weighted by atomic mass is 16.3. The fourth-order valence-electron chi connectivity index (χ4n) is 1.55. The standard InChI is InChI=1S/C10H8N4O/c1-14-10(11-5-13-14)7-2-3-9-8(4-7)12-6-15-9/h2-6H,1H3. The third-order valence-electron chi connectivity index (χ3n) is 2.30. The molecule has 3 aromatic rings. The Balaban J connectivity index is 2.23. The monoisotopic (exact) mass is 200 g/mol. The molecule has 3 rings (SSSR count). The molecule has 0 aliphatic rings. The summed E-state index contributed by atoms with van der Waals surface area (Å²) in [7, 11) is 1.86. The van der Waals surface area contributed by atoms with Gasteiger partial charge in [0.05, 0.1) is 0 Å². The van der Waals surface area contributed by atoms with Crippen LogP contribution in [0.1, 0.15) is 0 Å². The van der Waals surface area contributed by atoms with Gasteiger partial charge in [0, 0.05) is 12.6 Å². The normalized spacial score (nSPS) is 11.0. The third-order valence-corrected chi connectivity index (χ3v) is 2.30. The molecule has 5 nitrogen and oxygen atoms in total. The molecule has 0 radical (unpaired) electrons. The van der Waals surface area contributed by atoms with Gasteiger partial charge in [-0.05, 0) is 18.2 Å². The minimum absolute atomic E-state index is 0.779. The second-order valence-electron chi connectivity index (χ2n) is 3.24. The predicted octanol–water partition coefficient (Wildman–Crippen LogP) is 1.62. The maximum Gasteiger partial charge on any atom is 0.181 e. The van der Waals surface area contributed by atoms with E-state index in [0.29, 0.717) is 0 Å². The summed E-state index contributed by atoms with van der Waals surface area (Å²) in [5.74, 6) is 0.819. The molecule has 0 saturated carbocycles. The Morgan fingerprint density at radius 1 is 1.27 bits per heavy atom. The fourth-order valence-corrected chi connectivity index (χ4v) is 1.55. The van der Waals surface area contributed by atoms with Crippen molar-refractivity contribution in [1.29, 1.82) is 0 Å². The number of nitrogens with zero attached hydrogens (tertiary/aromatic N) is 4. The average Bonchev–Trinajstić information content (AvgIpc) is 2.84. The van der Waals surface area contributed by atoms with Crippen LogP contribution in [0.15, 0.2) is 35.3 Å². The van der Waals surface area contributed by atoms with Crippen molar-refractivity contribution >= 4 is 11.1 Å². The Bertz CT molecular complexity index is 610. The average molecular weight is 200 g/mol. The molecule has 0 unspecified atom stereocenters. The van der Waals surface area contributed by atoms with Crippen LogP contribution in [-0.4, -0.2) is 19.7 Å². The lowest BCUT2D eigenvalue weighted by Gasteiger charge is -1.98. The van der Waals surface area contributed by atoms with Crippen molar-refractivity contribution in [3.63, 3.8) is 0 Å². The van der Waals surface area contributed by atoms with Crippen LogP contribution in [0.2, 0.25) is 0 Å². The van der Waals surface area contributed by atoms with E-state index in [1.807, 2.05) is 25.2 Å². The van der Waals surface area contributed by atoms with Gasteiger partial charge in [0.2, 0.25) is 0 Å². The maximum absolute atomic E-state index is 5.17. The van der Waals surface area contributed by atoms with E-state index in [2.05, 4.69) is 15.1 Å². The first-order chi connectivity index (χ1) is 7.34. The van der Waals surface area contributed by atoms with E-state index in [1.165, 1.54) is 12.7 Å². The van der Waals surface area contributed by atoms with E-state index in [1.54, 1.807) is 4.68 Å². The number of rotatable bonds is 1. The molecule has 2 aromatic heterocycles. The van der Waals surface area contributed by atoms with Crippen molar-refractivity contribution < 1.29 is 4.42 Å². The molecule has 2 heterocycles. The summed E-state index contributed by atoms with van der Waals surface area (Å²) in [5.41, 5.74) is 2.59. The van der Waals surface area contributed by atoms with Gasteiger partial charge in [-0.2, -0.15) is 5.10 Å². The molecule has 0 aliphatic heterocycles. The number of hydrogen-bond donors (Lipinski definition) is 0. The second kappa shape index (κ2) is 2.91. The van der Waals surface area contributed by atoms with Gasteiger partial charge >= 0.3 is 0 Å². The summed E-state index contributed by atoms with van der Waals surface area (Å²) < 4.78 is 6.89. The Morgan fingerprint density at radius 3 is 3.00 bits per heavy atom. The van der Waals surface area contributed by atoms with Crippen LogP contribution in [0.3, 0.4) is 0 Å². The van der Waals surface area contributed by atoms with Gasteiger partial charge in [0.25, 0.3) is 0 Å². The second-order valence-corrected chi connectivity index (χ2v) is 3.24. The lowest BCUT2D eigenvalue weighted by Crippen LogP contribution is -1.94. The van der Waals surface area contributed by atoms with Crippen molar-refractivity contribution in [3.8, 4) is 11.4 Å². The van der Waals surface area contributed by atoms with Gasteiger partial charge in [-0.3, -0.25) is 0 Å². The van der Waals surface area contributed by atoms with Crippen LogP contribution in [-0.2, 0) is 7.05 Å². The summed E-state index contributed by atoms with van der Waals surface area (Å²) in [4.78, 5) is 8.27. The van der Waals surface area contributed by atoms with Crippen LogP contribution in [0.4, 0.5) is 0 Å². The molecule has 0 saturated heterocycles. The largest absolute Gasteiger partial charge is 0.443 e. The first kappa shape index (κ1) is 8.16. The van der Waals surface area contributed by atoms with Crippen molar-refractivity contribution in [1.82, 2.24) is 19.7 Å². The summed E-state index contributed by atoms with van der Waals surface area (Å²) in [6.45, 7) is 0. The maximum atomic E-state index is 5.17. The SMILES string of the molecule is Cn1ncnc1-c1ccc2ocnc2c1. The molecule has 0 bridgehead atoms. The van der Waals surface area contributed by atoms with E-state index in [0.717, 1.165) is 22.5 Å². The zero-order valence-electron chi connectivity index (χ0n) is 8.08. The minimum atomic E-state index is 0.779. The molecule has 0 fully saturated rings. The molecule has 0 N–H and O–H groups in total. The lowest BCUT2D eigenvalue weighted by atomic mass is 10.2. The van der Waals surface area contributed by atoms with Gasteiger partial charge in [0.15, 0.2) is 17.8 Å². The van der Waals surface area contributed by atoms with Gasteiger partial charge in [-0.1, -0.05) is 0 Å². The molecular weight excluding hydrogens is 192 g/mol. The lowest BCUT2D eigenvalue weighted by molar-refractivity contribution is 0.602. The van der Waals surface area contributed by atoms with Gasteiger partial charge in [-0.25, -0.2) is 14.6 Å². The third kappa shape index (κ3) is 1.20. The molecule has 0 atom stereocenters. The quantitative estimate of drug-likeness (QED) is 0.599. The van der Waals surface area contributed by atoms with Crippen LogP contribution in [0.5, 0.6) is 0 Å². The fraction of sp³-hybridized carbons (Fsp3) is 0.100. The number of oxazole rings is 1. The zero-order chi connectivity index (χ0) is 10.3. The molecule has 1 aromatic carbocycles. The molecule has 5 heteroatoms. The van der Waals surface area contributed by atoms with Crippen LogP contribution < -0.4 is 0 Å². The van der Waals surface area contributed by atoms with E-state index in [-0.39, 0.29) is 0 Å². The number of benzene rings is 1. The van der Waals surface area contributed by atoms with Gasteiger partial charge < -0.3 is 4.42 Å². The minimum Gasteiger partial charge on any atom is -0.443 e. The van der Waals surface area contributed by atoms with E-state index in [9.17, 15) is 0 Å². The smallest absolute Gasteiger partial charge is 0.181 e. The summed E-state index contributed by atoms with van der Waals surface area (Å²) >= 11 is 0. The van der Waals surface area contributed by atoms with Crippen LogP contribution >= 0.6 is 0 Å². The number of hydrogen-bond acceptors (Lipinski definition) is 4. The molecule has 74 valence electrons. The number of aromatic nitrogens is 4. The highest BCUT2D eigenvalue weighted by Gasteiger charge is 2.06. The van der Waals surface area contributed by atoms with Crippen molar-refractivity contribution in [2.75, 3.05) is 0 Å². The summed E-state index contributed by atoms with van der Waals surface area (Å²) in [5, 5.41) is 4.02. The number of fused-ring (bicyclic) bond motifs is 1. The van der Waals surface area contributed by atoms with Crippen molar-refractivity contribution in [2.24, 2.45) is 7.05 Å². The molecule has 0 aliphatic carbocycles.